The molecule has 0 saturated heterocycles. The van der Waals surface area contributed by atoms with Crippen LogP contribution in [0.25, 0.3) is 0 Å². The quantitative estimate of drug-likeness (QED) is 0.513. The number of rotatable bonds is 4. The monoisotopic (exact) mass is 116 g/mol. The Morgan fingerprint density at radius 1 is 1.75 bits per heavy atom. The van der Waals surface area contributed by atoms with Crippen LogP contribution in [-0.4, -0.2) is 43.0 Å². The zero-order valence-corrected chi connectivity index (χ0v) is 4.92. The van der Waals surface area contributed by atoms with E-state index >= 15 is 0 Å². The van der Waals surface area contributed by atoms with Crippen LogP contribution in [0.2, 0.25) is 0 Å². The van der Waals surface area contributed by atoms with Gasteiger partial charge in [-0.05, 0) is 7.05 Å². The number of hydrogen-bond acceptors (Lipinski definition) is 3. The number of nitrogens with zero attached hydrogens (tertiary/aromatic N) is 1. The molecule has 0 aromatic heterocycles. The van der Waals surface area contributed by atoms with Gasteiger partial charge in [0.1, 0.15) is 0 Å². The van der Waals surface area contributed by atoms with Gasteiger partial charge in [-0.2, -0.15) is 0 Å². The average Bonchev–Trinajstić information content (AvgIpc) is 1.68. The van der Waals surface area contributed by atoms with E-state index in [4.69, 9.17) is 5.11 Å². The normalized spacial score (nSPS) is 9.88. The number of likely N-dealkylation sites (N-methyl/N-ethyl adjacent to an activating group) is 1. The standard InChI is InChI=1S/C5H10NO2/c1-6(2-4-7)3-5-8/h7H,2-4H2,1H3. The zero-order valence-electron chi connectivity index (χ0n) is 4.92. The van der Waals surface area contributed by atoms with E-state index in [1.807, 2.05) is 0 Å². The Kier molecular flexibility index (Phi) is 4.50. The number of aliphatic hydroxyl groups excluding tert-OH is 1. The van der Waals surface area contributed by atoms with E-state index in [0.717, 1.165) is 0 Å². The van der Waals surface area contributed by atoms with Gasteiger partial charge in [-0.3, -0.25) is 9.69 Å². The highest BCUT2D eigenvalue weighted by Gasteiger charge is 1.92. The first kappa shape index (κ1) is 7.59. The first-order valence-corrected chi connectivity index (χ1v) is 2.45. The smallest absolute Gasteiger partial charge is 0.213 e. The van der Waals surface area contributed by atoms with Crippen LogP contribution in [0, 0.1) is 0 Å². The molecule has 47 valence electrons. The summed E-state index contributed by atoms with van der Waals surface area (Å²) in [6.07, 6.45) is 1.72. The molecule has 8 heavy (non-hydrogen) atoms. The van der Waals surface area contributed by atoms with Crippen molar-refractivity contribution in [3.05, 3.63) is 0 Å². The van der Waals surface area contributed by atoms with Gasteiger partial charge in [0.2, 0.25) is 6.29 Å². The van der Waals surface area contributed by atoms with Gasteiger partial charge in [-0.25, -0.2) is 0 Å². The summed E-state index contributed by atoms with van der Waals surface area (Å²) in [5, 5.41) is 8.29. The largest absolute Gasteiger partial charge is 0.395 e. The van der Waals surface area contributed by atoms with Gasteiger partial charge >= 0.3 is 0 Å². The Morgan fingerprint density at radius 3 is 2.75 bits per heavy atom. The minimum Gasteiger partial charge on any atom is -0.395 e. The maximum absolute atomic E-state index is 9.64. The third-order valence-corrected chi connectivity index (χ3v) is 0.816. The first-order chi connectivity index (χ1) is 3.81. The van der Waals surface area contributed by atoms with Crippen molar-refractivity contribution in [1.29, 1.82) is 0 Å². The lowest BCUT2D eigenvalue weighted by Crippen LogP contribution is -2.23. The van der Waals surface area contributed by atoms with Crippen LogP contribution in [0.4, 0.5) is 0 Å². The Balaban J connectivity index is 3.03. The van der Waals surface area contributed by atoms with E-state index < -0.39 is 0 Å². The van der Waals surface area contributed by atoms with Crippen LogP contribution < -0.4 is 0 Å². The summed E-state index contributed by atoms with van der Waals surface area (Å²) < 4.78 is 0. The second-order valence-corrected chi connectivity index (χ2v) is 1.61. The summed E-state index contributed by atoms with van der Waals surface area (Å²) in [4.78, 5) is 11.3. The van der Waals surface area contributed by atoms with E-state index in [1.54, 1.807) is 18.2 Å². The van der Waals surface area contributed by atoms with Crippen LogP contribution in [0.5, 0.6) is 0 Å². The van der Waals surface area contributed by atoms with E-state index in [0.29, 0.717) is 6.54 Å². The fourth-order valence-electron chi connectivity index (χ4n) is 0.360. The topological polar surface area (TPSA) is 40.5 Å². The zero-order chi connectivity index (χ0) is 6.41. The minimum atomic E-state index is 0.0954. The van der Waals surface area contributed by atoms with Crippen molar-refractivity contribution in [3.8, 4) is 0 Å². The fraction of sp³-hybridized carbons (Fsp3) is 0.800. The second-order valence-electron chi connectivity index (χ2n) is 1.61. The van der Waals surface area contributed by atoms with Gasteiger partial charge in [0.25, 0.3) is 0 Å². The van der Waals surface area contributed by atoms with Crippen LogP contribution in [-0.2, 0) is 4.79 Å². The lowest BCUT2D eigenvalue weighted by molar-refractivity contribution is 0.234. The molecule has 0 unspecified atom stereocenters. The molecule has 0 aromatic carbocycles. The van der Waals surface area contributed by atoms with Crippen LogP contribution in [0.1, 0.15) is 0 Å². The number of hydrogen-bond donors (Lipinski definition) is 1. The molecule has 3 nitrogen and oxygen atoms in total. The molecule has 0 aliphatic carbocycles. The molecule has 0 aliphatic heterocycles. The summed E-state index contributed by atoms with van der Waals surface area (Å²) in [6, 6.07) is 0. The molecule has 0 bridgehead atoms. The first-order valence-electron chi connectivity index (χ1n) is 2.45. The third kappa shape index (κ3) is 3.77. The lowest BCUT2D eigenvalue weighted by Gasteiger charge is -2.08. The van der Waals surface area contributed by atoms with Gasteiger partial charge in [-0.1, -0.05) is 0 Å². The van der Waals surface area contributed by atoms with Crippen molar-refractivity contribution in [2.75, 3.05) is 26.7 Å². The predicted octanol–water partition coefficient (Wildman–Crippen LogP) is -0.980. The highest BCUT2D eigenvalue weighted by Crippen LogP contribution is 1.74. The van der Waals surface area contributed by atoms with Crippen molar-refractivity contribution >= 4 is 6.29 Å². The molecule has 0 fully saturated rings. The SMILES string of the molecule is CN(C[C]=O)CCO. The van der Waals surface area contributed by atoms with Crippen molar-refractivity contribution in [2.45, 2.75) is 0 Å². The molecule has 0 rings (SSSR count). The highest BCUT2D eigenvalue weighted by molar-refractivity contribution is 5.52. The van der Waals surface area contributed by atoms with E-state index in [9.17, 15) is 4.79 Å². The Labute approximate surface area is 48.9 Å². The van der Waals surface area contributed by atoms with Crippen LogP contribution >= 0.6 is 0 Å². The highest BCUT2D eigenvalue weighted by atomic mass is 16.3. The summed E-state index contributed by atoms with van der Waals surface area (Å²) in [5.74, 6) is 0. The summed E-state index contributed by atoms with van der Waals surface area (Å²) in [5.41, 5.74) is 0. The van der Waals surface area contributed by atoms with Crippen molar-refractivity contribution in [1.82, 2.24) is 4.90 Å². The van der Waals surface area contributed by atoms with Crippen molar-refractivity contribution in [3.63, 3.8) is 0 Å². The fourth-order valence-corrected chi connectivity index (χ4v) is 0.360. The molecule has 0 atom stereocenters. The second kappa shape index (κ2) is 4.74. The molecule has 0 aliphatic rings. The van der Waals surface area contributed by atoms with Gasteiger partial charge < -0.3 is 5.11 Å². The van der Waals surface area contributed by atoms with Crippen molar-refractivity contribution < 1.29 is 9.90 Å². The molecule has 1 radical (unpaired) electrons. The molecular weight excluding hydrogens is 106 g/mol. The summed E-state index contributed by atoms with van der Waals surface area (Å²) in [7, 11) is 1.75. The van der Waals surface area contributed by atoms with E-state index in [-0.39, 0.29) is 13.2 Å². The Morgan fingerprint density at radius 2 is 2.38 bits per heavy atom. The summed E-state index contributed by atoms with van der Waals surface area (Å²) >= 11 is 0. The van der Waals surface area contributed by atoms with Gasteiger partial charge in [0, 0.05) is 6.54 Å². The molecule has 3 heteroatoms. The third-order valence-electron chi connectivity index (χ3n) is 0.816. The molecule has 0 amide bonds. The van der Waals surface area contributed by atoms with E-state index in [1.165, 1.54) is 0 Å². The summed E-state index contributed by atoms with van der Waals surface area (Å²) in [6.45, 7) is 0.911. The molecule has 0 heterocycles. The Hall–Kier alpha value is -0.410. The molecule has 0 spiro atoms. The molecular formula is C5H10NO2. The maximum atomic E-state index is 9.64. The molecule has 1 N–H and O–H groups in total. The number of aliphatic hydroxyl groups is 1. The van der Waals surface area contributed by atoms with Crippen LogP contribution in [0.15, 0.2) is 0 Å². The van der Waals surface area contributed by atoms with Gasteiger partial charge in [-0.15, -0.1) is 0 Å². The van der Waals surface area contributed by atoms with Gasteiger partial charge in [0.15, 0.2) is 0 Å². The predicted molar refractivity (Wildman–Crippen MR) is 30.3 cm³/mol. The van der Waals surface area contributed by atoms with E-state index in [2.05, 4.69) is 0 Å². The average molecular weight is 116 g/mol. The Bertz CT molecular complexity index is 65.4. The van der Waals surface area contributed by atoms with Crippen molar-refractivity contribution in [2.24, 2.45) is 0 Å². The maximum Gasteiger partial charge on any atom is 0.213 e. The molecule has 0 saturated carbocycles. The number of carbonyl (C=O) groups excluding carboxylic acids is 1. The van der Waals surface area contributed by atoms with Crippen LogP contribution in [0.3, 0.4) is 0 Å². The van der Waals surface area contributed by atoms with Gasteiger partial charge in [0.05, 0.1) is 13.2 Å². The molecule has 0 aromatic rings. The minimum absolute atomic E-state index is 0.0954. The lowest BCUT2D eigenvalue weighted by atomic mass is 10.5.